The van der Waals surface area contributed by atoms with Crippen LogP contribution in [0.2, 0.25) is 0 Å². The van der Waals surface area contributed by atoms with Crippen LogP contribution < -0.4 is 9.64 Å². The number of benzene rings is 1. The summed E-state index contributed by atoms with van der Waals surface area (Å²) in [7, 11) is 0. The van der Waals surface area contributed by atoms with Crippen LogP contribution in [0.4, 0.5) is 19.3 Å². The fraction of sp³-hybridized carbons (Fsp3) is 0.438. The first-order valence-corrected chi connectivity index (χ1v) is 8.18. The summed E-state index contributed by atoms with van der Waals surface area (Å²) < 4.78 is 34.3. The molecule has 1 aromatic carbocycles. The van der Waals surface area contributed by atoms with Crippen LogP contribution in [-0.2, 0) is 0 Å². The van der Waals surface area contributed by atoms with Crippen molar-refractivity contribution in [1.29, 1.82) is 0 Å². The highest BCUT2D eigenvalue weighted by molar-refractivity contribution is 5.94. The van der Waals surface area contributed by atoms with Crippen molar-refractivity contribution in [2.45, 2.75) is 18.9 Å². The number of nitrogens with zero attached hydrogens (tertiary/aromatic N) is 5. The summed E-state index contributed by atoms with van der Waals surface area (Å²) in [5.41, 5.74) is 0.262. The van der Waals surface area contributed by atoms with E-state index in [-0.39, 0.29) is 30.1 Å². The number of hydrogen-bond donors (Lipinski definition) is 0. The molecule has 2 aliphatic heterocycles. The van der Waals surface area contributed by atoms with Gasteiger partial charge in [0.05, 0.1) is 24.5 Å². The smallest absolute Gasteiger partial charge is 0.324 e. The van der Waals surface area contributed by atoms with Crippen LogP contribution >= 0.6 is 0 Å². The molecule has 1 saturated heterocycles. The van der Waals surface area contributed by atoms with Crippen LogP contribution in [0.15, 0.2) is 24.5 Å². The van der Waals surface area contributed by atoms with Gasteiger partial charge < -0.3 is 9.64 Å². The lowest BCUT2D eigenvalue weighted by Crippen LogP contribution is -2.50. The van der Waals surface area contributed by atoms with Gasteiger partial charge in [-0.3, -0.25) is 4.90 Å². The first-order chi connectivity index (χ1) is 12.1. The van der Waals surface area contributed by atoms with Gasteiger partial charge in [0, 0.05) is 19.3 Å². The molecule has 7 nitrogen and oxygen atoms in total. The molecule has 2 amide bonds. The van der Waals surface area contributed by atoms with Crippen LogP contribution in [0, 0.1) is 11.6 Å². The van der Waals surface area contributed by atoms with E-state index >= 15 is 0 Å². The lowest BCUT2D eigenvalue weighted by molar-refractivity contribution is 0.165. The average Bonchev–Trinajstić information content (AvgIpc) is 3.19. The summed E-state index contributed by atoms with van der Waals surface area (Å²) in [4.78, 5) is 16.1. The van der Waals surface area contributed by atoms with E-state index < -0.39 is 11.6 Å². The SMILES string of the molecule is O=C(N1CCCC(n2ccnn2)C1)N1CCOc2c1ccc(F)c2F. The number of ether oxygens (including phenoxy) is 1. The molecule has 25 heavy (non-hydrogen) atoms. The van der Waals surface area contributed by atoms with Crippen molar-refractivity contribution in [2.75, 3.05) is 31.1 Å². The fourth-order valence-corrected chi connectivity index (χ4v) is 3.36. The maximum atomic E-state index is 13.9. The molecule has 4 rings (SSSR count). The minimum atomic E-state index is -1.06. The molecule has 2 aliphatic rings. The Labute approximate surface area is 142 Å². The normalized spacial score (nSPS) is 20.2. The first-order valence-electron chi connectivity index (χ1n) is 8.18. The number of urea groups is 1. The van der Waals surface area contributed by atoms with Gasteiger partial charge in [-0.2, -0.15) is 4.39 Å². The van der Waals surface area contributed by atoms with E-state index in [0.717, 1.165) is 18.9 Å². The number of hydrogen-bond acceptors (Lipinski definition) is 4. The van der Waals surface area contributed by atoms with E-state index in [0.29, 0.717) is 19.6 Å². The molecule has 0 N–H and O–H groups in total. The summed E-state index contributed by atoms with van der Waals surface area (Å²) in [5.74, 6) is -2.25. The monoisotopic (exact) mass is 349 g/mol. The third-order valence-electron chi connectivity index (χ3n) is 4.59. The molecule has 1 unspecified atom stereocenters. The van der Waals surface area contributed by atoms with Crippen molar-refractivity contribution in [3.05, 3.63) is 36.2 Å². The molecule has 1 aromatic heterocycles. The summed E-state index contributed by atoms with van der Waals surface area (Å²) in [6.45, 7) is 1.53. The maximum absolute atomic E-state index is 13.9. The Bertz CT molecular complexity index is 783. The van der Waals surface area contributed by atoms with Crippen molar-refractivity contribution >= 4 is 11.7 Å². The fourth-order valence-electron chi connectivity index (χ4n) is 3.36. The Morgan fingerprint density at radius 2 is 2.16 bits per heavy atom. The molecule has 0 bridgehead atoms. The standard InChI is InChI=1S/C16H17F2N5O2/c17-12-3-4-13-15(14(12)18)25-9-8-22(13)16(24)21-6-1-2-11(10-21)23-7-5-19-20-23/h3-5,7,11H,1-2,6,8-10H2. The minimum absolute atomic E-state index is 0.0608. The second kappa shape index (κ2) is 6.30. The molecular formula is C16H17F2N5O2. The number of fused-ring (bicyclic) bond motifs is 1. The molecule has 132 valence electrons. The summed E-state index contributed by atoms with van der Waals surface area (Å²) in [6, 6.07) is 2.22. The van der Waals surface area contributed by atoms with Crippen molar-refractivity contribution in [3.63, 3.8) is 0 Å². The summed E-state index contributed by atoms with van der Waals surface area (Å²) in [6.07, 6.45) is 5.13. The topological polar surface area (TPSA) is 63.5 Å². The molecule has 9 heteroatoms. The Kier molecular flexibility index (Phi) is 3.98. The number of rotatable bonds is 1. The van der Waals surface area contributed by atoms with Crippen molar-refractivity contribution in [1.82, 2.24) is 19.9 Å². The van der Waals surface area contributed by atoms with Gasteiger partial charge >= 0.3 is 6.03 Å². The van der Waals surface area contributed by atoms with Gasteiger partial charge in [-0.15, -0.1) is 5.10 Å². The van der Waals surface area contributed by atoms with E-state index in [1.165, 1.54) is 11.0 Å². The summed E-state index contributed by atoms with van der Waals surface area (Å²) >= 11 is 0. The average molecular weight is 349 g/mol. The Morgan fingerprint density at radius 3 is 2.96 bits per heavy atom. The van der Waals surface area contributed by atoms with Gasteiger partial charge in [0.1, 0.15) is 6.61 Å². The number of aromatic nitrogens is 3. The third kappa shape index (κ3) is 2.79. The third-order valence-corrected chi connectivity index (χ3v) is 4.59. The second-order valence-corrected chi connectivity index (χ2v) is 6.12. The maximum Gasteiger partial charge on any atom is 0.324 e. The van der Waals surface area contributed by atoms with Crippen LogP contribution in [0.1, 0.15) is 18.9 Å². The van der Waals surface area contributed by atoms with Crippen LogP contribution in [0.3, 0.4) is 0 Å². The predicted octanol–water partition coefficient (Wildman–Crippen LogP) is 2.21. The van der Waals surface area contributed by atoms with E-state index in [9.17, 15) is 13.6 Å². The molecule has 1 atom stereocenters. The second-order valence-electron chi connectivity index (χ2n) is 6.12. The quantitative estimate of drug-likeness (QED) is 0.792. The molecule has 0 saturated carbocycles. The first kappa shape index (κ1) is 15.8. The van der Waals surface area contributed by atoms with E-state index in [4.69, 9.17) is 4.74 Å². The number of carbonyl (C=O) groups is 1. The molecule has 0 spiro atoms. The van der Waals surface area contributed by atoms with Gasteiger partial charge in [-0.1, -0.05) is 5.21 Å². The van der Waals surface area contributed by atoms with Gasteiger partial charge in [0.15, 0.2) is 11.6 Å². The Balaban J connectivity index is 1.57. The van der Waals surface area contributed by atoms with E-state index in [2.05, 4.69) is 10.3 Å². The Hall–Kier alpha value is -2.71. The molecular weight excluding hydrogens is 332 g/mol. The highest BCUT2D eigenvalue weighted by Crippen LogP contribution is 2.36. The lowest BCUT2D eigenvalue weighted by atomic mass is 10.1. The largest absolute Gasteiger partial charge is 0.486 e. The van der Waals surface area contributed by atoms with Crippen LogP contribution in [0.5, 0.6) is 5.75 Å². The van der Waals surface area contributed by atoms with E-state index in [1.807, 2.05) is 0 Å². The van der Waals surface area contributed by atoms with Gasteiger partial charge in [0.25, 0.3) is 0 Å². The zero-order valence-electron chi connectivity index (χ0n) is 13.4. The Morgan fingerprint density at radius 1 is 1.28 bits per heavy atom. The van der Waals surface area contributed by atoms with Crippen molar-refractivity contribution in [3.8, 4) is 5.75 Å². The number of piperidine rings is 1. The van der Waals surface area contributed by atoms with Crippen LogP contribution in [0.25, 0.3) is 0 Å². The molecule has 2 aromatic rings. The van der Waals surface area contributed by atoms with Crippen molar-refractivity contribution in [2.24, 2.45) is 0 Å². The molecule has 0 aliphatic carbocycles. The van der Waals surface area contributed by atoms with Gasteiger partial charge in [-0.25, -0.2) is 13.9 Å². The number of halogens is 2. The molecule has 1 fully saturated rings. The van der Waals surface area contributed by atoms with Gasteiger partial charge in [-0.05, 0) is 25.0 Å². The molecule has 0 radical (unpaired) electrons. The number of carbonyl (C=O) groups excluding carboxylic acids is 1. The molecule has 3 heterocycles. The minimum Gasteiger partial charge on any atom is -0.486 e. The number of amides is 2. The highest BCUT2D eigenvalue weighted by Gasteiger charge is 2.33. The zero-order valence-corrected chi connectivity index (χ0v) is 13.4. The van der Waals surface area contributed by atoms with Gasteiger partial charge in [0.2, 0.25) is 5.82 Å². The predicted molar refractivity (Wildman–Crippen MR) is 84.5 cm³/mol. The summed E-state index contributed by atoms with van der Waals surface area (Å²) in [5, 5.41) is 7.82. The highest BCUT2D eigenvalue weighted by atomic mass is 19.2. The zero-order chi connectivity index (χ0) is 17.4. The number of anilines is 1. The lowest BCUT2D eigenvalue weighted by Gasteiger charge is -2.38. The van der Waals surface area contributed by atoms with Crippen LogP contribution in [-0.4, -0.2) is 52.2 Å². The van der Waals surface area contributed by atoms with Crippen molar-refractivity contribution < 1.29 is 18.3 Å². The van der Waals surface area contributed by atoms with E-state index in [1.54, 1.807) is 22.0 Å². The number of likely N-dealkylation sites (tertiary alicyclic amines) is 1.